The van der Waals surface area contributed by atoms with E-state index in [1.54, 1.807) is 66.7 Å². The Labute approximate surface area is 439 Å². The maximum Gasteiger partial charge on any atom is 0.386 e. The molecule has 0 fully saturated rings. The maximum atomic E-state index is 11.5. The van der Waals surface area contributed by atoms with Crippen LogP contribution < -0.4 is 0 Å². The average molecular weight is 1030 g/mol. The molecule has 11 nitrogen and oxygen atoms in total. The number of allylic oxidation sites excluding steroid dienone is 3. The summed E-state index contributed by atoms with van der Waals surface area (Å²) in [7, 11) is 1.90. The third kappa shape index (κ3) is 35.0. The molecule has 0 aliphatic rings. The second-order valence-electron chi connectivity index (χ2n) is 19.9. The number of hydrogen-bond acceptors (Lipinski definition) is 11. The van der Waals surface area contributed by atoms with Gasteiger partial charge in [-0.1, -0.05) is 160 Å². The molecule has 0 radical (unpaired) electrons. The molecule has 10 unspecified atom stereocenters. The van der Waals surface area contributed by atoms with Crippen LogP contribution in [0.4, 0.5) is 0 Å². The molecule has 410 valence electrons. The number of benzene rings is 2. The first-order chi connectivity index (χ1) is 34.6. The molecule has 0 saturated carbocycles. The van der Waals surface area contributed by atoms with Crippen molar-refractivity contribution in [3.05, 3.63) is 109 Å². The van der Waals surface area contributed by atoms with E-state index in [0.29, 0.717) is 66.0 Å². The van der Waals surface area contributed by atoms with Crippen LogP contribution >= 0.6 is 9.12 Å². The third-order valence-electron chi connectivity index (χ3n) is 14.2. The van der Waals surface area contributed by atoms with E-state index in [1.165, 1.54) is 32.1 Å². The predicted octanol–water partition coefficient (Wildman–Crippen LogP) is 12.4. The van der Waals surface area contributed by atoms with Gasteiger partial charge >= 0.3 is 32.6 Å². The van der Waals surface area contributed by atoms with Crippen molar-refractivity contribution < 1.29 is 54.7 Å². The summed E-state index contributed by atoms with van der Waals surface area (Å²) in [5.74, 6) is 3.04. The summed E-state index contributed by atoms with van der Waals surface area (Å²) in [5.41, 5.74) is 0.568. The second kappa shape index (κ2) is 47.4. The molecule has 2 aromatic rings. The van der Waals surface area contributed by atoms with Crippen LogP contribution in [0.2, 0.25) is 0 Å². The zero-order valence-corrected chi connectivity index (χ0v) is 46.8. The van der Waals surface area contributed by atoms with Crippen LogP contribution in [0.25, 0.3) is 0 Å². The van der Waals surface area contributed by atoms with Gasteiger partial charge < -0.3 is 30.6 Å². The number of hydrogen-bond donors (Lipinski definition) is 6. The topological polar surface area (TPSA) is 191 Å². The van der Waals surface area contributed by atoms with E-state index in [-0.39, 0.29) is 38.4 Å². The van der Waals surface area contributed by atoms with E-state index in [0.717, 1.165) is 83.0 Å². The molecule has 72 heavy (non-hydrogen) atoms. The van der Waals surface area contributed by atoms with Crippen molar-refractivity contribution in [2.75, 3.05) is 39.6 Å². The molecule has 0 aliphatic carbocycles. The molecule has 2 rings (SSSR count). The molecule has 2 aromatic carbocycles. The third-order valence-corrected chi connectivity index (χ3v) is 14.2. The van der Waals surface area contributed by atoms with Gasteiger partial charge in [-0.25, -0.2) is 19.4 Å². The number of aliphatic hydroxyl groups excluding tert-OH is 6. The first-order valence-electron chi connectivity index (χ1n) is 26.9. The Morgan fingerprint density at radius 2 is 1.17 bits per heavy atom. The zero-order valence-electron chi connectivity index (χ0n) is 45.6. The molecule has 0 bridgehead atoms. The Balaban J connectivity index is 0. The van der Waals surface area contributed by atoms with Crippen LogP contribution in [0.5, 0.6) is 0 Å². The van der Waals surface area contributed by atoms with Gasteiger partial charge in [-0.2, -0.15) is 0 Å². The van der Waals surface area contributed by atoms with Crippen molar-refractivity contribution >= 4 is 27.9 Å². The largest absolute Gasteiger partial charge is 0.386 e. The van der Waals surface area contributed by atoms with Crippen molar-refractivity contribution in [1.29, 1.82) is 0 Å². The minimum absolute atomic E-state index is 0.0674. The minimum atomic E-state index is -0.708. The number of aliphatic hydroxyl groups is 6. The summed E-state index contributed by atoms with van der Waals surface area (Å²) in [6, 6.07) is 16.6. The SMILES string of the molecule is C=CC(C/C=C/CCO)CC/C=C\CO.CCC(CCCC(C)(CO)C(CC)C(CCC(C)CCO)CC(C)C(C)CCO)CCC(C)CCO.O=BP.O=C(OOC(=O)c1ccccc1)c1ccccc1. The van der Waals surface area contributed by atoms with Crippen molar-refractivity contribution in [1.82, 2.24) is 0 Å². The van der Waals surface area contributed by atoms with Crippen LogP contribution in [0.15, 0.2) is 97.6 Å². The summed E-state index contributed by atoms with van der Waals surface area (Å²) in [6.07, 6.45) is 27.9. The van der Waals surface area contributed by atoms with E-state index in [4.69, 9.17) is 14.9 Å². The molecular weight excluding hydrogens is 926 g/mol. The first-order valence-corrected chi connectivity index (χ1v) is 27.6. The fraction of sp³-hybridized carbons (Fsp3) is 0.661. The van der Waals surface area contributed by atoms with Crippen LogP contribution in [-0.4, -0.2) is 89.1 Å². The number of rotatable bonds is 35. The van der Waals surface area contributed by atoms with Crippen molar-refractivity contribution in [2.45, 2.75) is 158 Å². The average Bonchev–Trinajstić information content (AvgIpc) is 3.39. The number of carbonyl (C=O) groups excluding carboxylic acids is 2. The smallest absolute Gasteiger partial charge is 0.242 e. The molecule has 0 amide bonds. The molecule has 0 heterocycles. The van der Waals surface area contributed by atoms with E-state index < -0.39 is 11.9 Å². The van der Waals surface area contributed by atoms with Gasteiger partial charge in [0.2, 0.25) is 0 Å². The fourth-order valence-corrected chi connectivity index (χ4v) is 9.17. The van der Waals surface area contributed by atoms with Gasteiger partial charge in [-0.05, 0) is 141 Å². The van der Waals surface area contributed by atoms with Gasteiger partial charge in [0, 0.05) is 33.0 Å². The van der Waals surface area contributed by atoms with Gasteiger partial charge in [0.1, 0.15) is 0 Å². The normalized spacial score (nSPS) is 15.2. The van der Waals surface area contributed by atoms with E-state index >= 15 is 0 Å². The van der Waals surface area contributed by atoms with Gasteiger partial charge in [-0.15, -0.1) is 6.58 Å². The summed E-state index contributed by atoms with van der Waals surface area (Å²) in [6.45, 7) is 21.9. The first kappa shape index (κ1) is 70.7. The molecule has 6 N–H and O–H groups in total. The van der Waals surface area contributed by atoms with E-state index in [1.807, 2.05) is 27.3 Å². The standard InChI is InChI=1S/C32H66O4.C14H10O4.C13H22O2.BH2OP/c1-8-29(14-12-25(3)16-20-33)11-10-19-32(7,24-36)31(9-2)30(15-13-26(4)17-21-34)23-28(6)27(5)18-22-35;15-13(11-7-3-1-4-8-11)17-18-14(16)12-9-5-2-6-10-12;1-2-13(9-5-3-7-11-14)10-6-4-8-12-15;2-1-3/h25-31,33-36H,8-24H2,1-7H3;1-10H;2-5,8,13-15H,1,6-7,9-12H2;3H2/b;;5-3+,8-4-;. The molecule has 0 aromatic heterocycles. The van der Waals surface area contributed by atoms with Crippen LogP contribution in [-0.2, 0) is 14.5 Å². The fourth-order valence-electron chi connectivity index (χ4n) is 9.17. The maximum absolute atomic E-state index is 11.5. The van der Waals surface area contributed by atoms with Crippen molar-refractivity contribution in [3.63, 3.8) is 0 Å². The van der Waals surface area contributed by atoms with Crippen molar-refractivity contribution in [2.24, 2.45) is 52.8 Å². The molecule has 13 heteroatoms. The van der Waals surface area contributed by atoms with E-state index in [2.05, 4.69) is 70.9 Å². The Morgan fingerprint density at radius 3 is 1.61 bits per heavy atom. The summed E-state index contributed by atoms with van der Waals surface area (Å²) < 4.78 is 8.77. The Kier molecular flexibility index (Phi) is 46.5. The monoisotopic (exact) mass is 1030 g/mol. The van der Waals surface area contributed by atoms with Crippen LogP contribution in [0.1, 0.15) is 178 Å². The Bertz CT molecular complexity index is 1600. The molecular formula is C59H100BO11P. The minimum Gasteiger partial charge on any atom is -0.242 e. The quantitative estimate of drug-likeness (QED) is 0.0127. The van der Waals surface area contributed by atoms with Gasteiger partial charge in [0.05, 0.1) is 17.7 Å². The van der Waals surface area contributed by atoms with Gasteiger partial charge in [0.15, 0.2) is 0 Å². The van der Waals surface area contributed by atoms with Crippen LogP contribution in [0.3, 0.4) is 0 Å². The van der Waals surface area contributed by atoms with E-state index in [9.17, 15) is 30.0 Å². The Morgan fingerprint density at radius 1 is 0.653 bits per heavy atom. The Hall–Kier alpha value is -3.35. The zero-order chi connectivity index (χ0) is 54.4. The summed E-state index contributed by atoms with van der Waals surface area (Å²) in [4.78, 5) is 31.9. The molecule has 0 saturated heterocycles. The van der Waals surface area contributed by atoms with Crippen LogP contribution in [0, 0.1) is 52.8 Å². The second-order valence-corrected chi connectivity index (χ2v) is 20.2. The summed E-state index contributed by atoms with van der Waals surface area (Å²) >= 11 is 0. The molecule has 10 atom stereocenters. The van der Waals surface area contributed by atoms with Gasteiger partial charge in [-0.3, -0.25) is 0 Å². The molecule has 0 spiro atoms. The molecule has 0 aliphatic heterocycles. The van der Waals surface area contributed by atoms with Gasteiger partial charge in [0.25, 0.3) is 0 Å². The summed E-state index contributed by atoms with van der Waals surface area (Å²) in [5, 5.41) is 55.9. The van der Waals surface area contributed by atoms with Crippen molar-refractivity contribution in [3.8, 4) is 0 Å². The predicted molar refractivity (Wildman–Crippen MR) is 299 cm³/mol. The number of carbonyl (C=O) groups is 2.